The van der Waals surface area contributed by atoms with Gasteiger partial charge in [-0.15, -0.1) is 0 Å². The number of benzene rings is 3. The van der Waals surface area contributed by atoms with Crippen molar-refractivity contribution in [1.82, 2.24) is 4.98 Å². The van der Waals surface area contributed by atoms with Crippen LogP contribution in [0.3, 0.4) is 0 Å². The maximum absolute atomic E-state index is 11.5. The molecule has 5 rings (SSSR count). The van der Waals surface area contributed by atoms with E-state index in [1.807, 2.05) is 67.2 Å². The molecule has 0 radical (unpaired) electrons. The molecule has 0 saturated heterocycles. The number of thioether (sulfide) groups is 1. The molecule has 6 heteroatoms. The molecule has 4 aromatic rings. The highest BCUT2D eigenvalue weighted by atomic mass is 35.5. The van der Waals surface area contributed by atoms with Crippen molar-refractivity contribution in [1.29, 1.82) is 0 Å². The fourth-order valence-electron chi connectivity index (χ4n) is 5.19. The number of aliphatic hydroxyl groups excluding tert-OH is 1. The number of carbonyl (C=O) groups is 1. The Labute approximate surface area is 245 Å². The number of carboxylic acids is 1. The Morgan fingerprint density at radius 2 is 1.85 bits per heavy atom. The number of aromatic nitrogens is 1. The molecular weight excluding hydrogens is 538 g/mol. The van der Waals surface area contributed by atoms with E-state index in [2.05, 4.69) is 42.5 Å². The van der Waals surface area contributed by atoms with Gasteiger partial charge in [-0.2, -0.15) is 11.8 Å². The number of halogens is 1. The van der Waals surface area contributed by atoms with Gasteiger partial charge in [0.25, 0.3) is 0 Å². The van der Waals surface area contributed by atoms with E-state index in [-0.39, 0.29) is 17.1 Å². The summed E-state index contributed by atoms with van der Waals surface area (Å²) in [4.78, 5) is 16.2. The molecule has 0 bridgehead atoms. The number of pyridine rings is 1. The minimum atomic E-state index is -0.711. The molecule has 1 unspecified atom stereocenters. The molecule has 3 aromatic carbocycles. The van der Waals surface area contributed by atoms with E-state index in [0.29, 0.717) is 5.02 Å². The van der Waals surface area contributed by atoms with Crippen molar-refractivity contribution < 1.29 is 15.0 Å². The van der Waals surface area contributed by atoms with Crippen LogP contribution in [0.4, 0.5) is 0 Å². The fraction of sp³-hybridized carbons (Fsp3) is 0.294. The Bertz CT molecular complexity index is 1530. The first kappa shape index (κ1) is 28.4. The lowest BCUT2D eigenvalue weighted by atomic mass is 9.96. The molecule has 1 saturated carbocycles. The van der Waals surface area contributed by atoms with Crippen LogP contribution in [0.2, 0.25) is 5.02 Å². The highest BCUT2D eigenvalue weighted by molar-refractivity contribution is 7.99. The van der Waals surface area contributed by atoms with Gasteiger partial charge in [-0.3, -0.25) is 4.79 Å². The number of aryl methyl sites for hydroxylation is 1. The number of hydrogen-bond donors (Lipinski definition) is 2. The van der Waals surface area contributed by atoms with Crippen LogP contribution in [0.1, 0.15) is 71.9 Å². The van der Waals surface area contributed by atoms with E-state index in [1.165, 1.54) is 5.56 Å². The van der Waals surface area contributed by atoms with Crippen molar-refractivity contribution in [3.05, 3.63) is 112 Å². The number of fused-ring (bicyclic) bond motifs is 1. The monoisotopic (exact) mass is 571 g/mol. The zero-order valence-corrected chi connectivity index (χ0v) is 24.2. The standard InChI is InChI=1S/C34H34ClNO3S/c1-23(37)30-8-3-2-6-25(30)12-16-32(40-22-34(17-18-34)21-33(38)39)27-7-4-5-24(19-27)9-14-29-15-11-26-10-13-28(35)20-31(26)36-29/h2-11,13-15,19-20,23,32,37H,12,16-18,21-22H2,1H3,(H,38,39)/b14-9+/t23?,32-/m1/s1. The first-order chi connectivity index (χ1) is 19.3. The molecular formula is C34H34ClNO3S. The van der Waals surface area contributed by atoms with E-state index < -0.39 is 12.1 Å². The Morgan fingerprint density at radius 1 is 1.05 bits per heavy atom. The van der Waals surface area contributed by atoms with Crippen molar-refractivity contribution in [2.24, 2.45) is 5.41 Å². The molecule has 0 aliphatic heterocycles. The second-order valence-electron chi connectivity index (χ2n) is 10.9. The van der Waals surface area contributed by atoms with Crippen LogP contribution in [-0.4, -0.2) is 26.9 Å². The summed E-state index contributed by atoms with van der Waals surface area (Å²) in [6.45, 7) is 1.81. The number of hydrogen-bond acceptors (Lipinski definition) is 4. The molecule has 2 atom stereocenters. The summed E-state index contributed by atoms with van der Waals surface area (Å²) >= 11 is 8.03. The lowest BCUT2D eigenvalue weighted by molar-refractivity contribution is -0.138. The number of aliphatic carboxylic acids is 1. The second-order valence-corrected chi connectivity index (χ2v) is 12.5. The zero-order valence-electron chi connectivity index (χ0n) is 22.6. The molecule has 2 N–H and O–H groups in total. The fourth-order valence-corrected chi connectivity index (χ4v) is 6.93. The largest absolute Gasteiger partial charge is 0.481 e. The summed E-state index contributed by atoms with van der Waals surface area (Å²) in [5.74, 6) is 0.128. The predicted octanol–water partition coefficient (Wildman–Crippen LogP) is 8.77. The Hall–Kier alpha value is -3.12. The van der Waals surface area contributed by atoms with Gasteiger partial charge in [-0.05, 0) is 84.6 Å². The van der Waals surface area contributed by atoms with E-state index in [9.17, 15) is 15.0 Å². The van der Waals surface area contributed by atoms with Gasteiger partial charge in [0.1, 0.15) is 0 Å². The number of nitrogens with zero attached hydrogens (tertiary/aromatic N) is 1. The van der Waals surface area contributed by atoms with E-state index in [0.717, 1.165) is 64.7 Å². The zero-order chi connectivity index (χ0) is 28.1. The molecule has 1 fully saturated rings. The Kier molecular flexibility index (Phi) is 8.94. The summed E-state index contributed by atoms with van der Waals surface area (Å²) in [7, 11) is 0. The van der Waals surface area contributed by atoms with Crippen molar-refractivity contribution in [2.45, 2.75) is 50.4 Å². The molecule has 206 valence electrons. The van der Waals surface area contributed by atoms with Crippen LogP contribution in [-0.2, 0) is 11.2 Å². The summed E-state index contributed by atoms with van der Waals surface area (Å²) in [5.41, 5.74) is 6.11. The number of rotatable bonds is 12. The lowest BCUT2D eigenvalue weighted by Crippen LogP contribution is -2.12. The van der Waals surface area contributed by atoms with Crippen LogP contribution in [0, 0.1) is 5.41 Å². The average Bonchev–Trinajstić information content (AvgIpc) is 3.70. The van der Waals surface area contributed by atoms with Gasteiger partial charge in [-0.25, -0.2) is 4.98 Å². The van der Waals surface area contributed by atoms with Gasteiger partial charge in [-0.1, -0.05) is 78.3 Å². The summed E-state index contributed by atoms with van der Waals surface area (Å²) < 4.78 is 0. The molecule has 0 amide bonds. The quantitative estimate of drug-likeness (QED) is 0.178. The summed E-state index contributed by atoms with van der Waals surface area (Å²) in [5, 5.41) is 21.6. The van der Waals surface area contributed by atoms with E-state index >= 15 is 0 Å². The summed E-state index contributed by atoms with van der Waals surface area (Å²) in [6, 6.07) is 26.4. The van der Waals surface area contributed by atoms with Crippen molar-refractivity contribution in [3.8, 4) is 0 Å². The van der Waals surface area contributed by atoms with Gasteiger partial charge in [0.05, 0.1) is 23.7 Å². The number of aliphatic hydroxyl groups is 1. The predicted molar refractivity (Wildman–Crippen MR) is 167 cm³/mol. The minimum Gasteiger partial charge on any atom is -0.481 e. The third kappa shape index (κ3) is 7.34. The smallest absolute Gasteiger partial charge is 0.303 e. The summed E-state index contributed by atoms with van der Waals surface area (Å²) in [6.07, 6.45) is 7.54. The molecule has 4 nitrogen and oxygen atoms in total. The maximum atomic E-state index is 11.5. The van der Waals surface area contributed by atoms with Crippen LogP contribution in [0.5, 0.6) is 0 Å². The van der Waals surface area contributed by atoms with Gasteiger partial charge < -0.3 is 10.2 Å². The van der Waals surface area contributed by atoms with E-state index in [4.69, 9.17) is 16.6 Å². The molecule has 40 heavy (non-hydrogen) atoms. The van der Waals surface area contributed by atoms with Gasteiger partial charge >= 0.3 is 5.97 Å². The second kappa shape index (κ2) is 12.6. The third-order valence-corrected chi connectivity index (χ3v) is 9.58. The normalized spacial score (nSPS) is 15.8. The first-order valence-electron chi connectivity index (χ1n) is 13.7. The van der Waals surface area contributed by atoms with Gasteiger partial charge in [0.15, 0.2) is 0 Å². The van der Waals surface area contributed by atoms with Gasteiger partial charge in [0, 0.05) is 21.4 Å². The van der Waals surface area contributed by atoms with Crippen LogP contribution in [0.25, 0.3) is 23.1 Å². The minimum absolute atomic E-state index is 0.0750. The highest BCUT2D eigenvalue weighted by Gasteiger charge is 2.44. The van der Waals surface area contributed by atoms with Crippen molar-refractivity contribution >= 4 is 52.4 Å². The number of carboxylic acid groups (broad SMARTS) is 1. The molecule has 1 aliphatic rings. The van der Waals surface area contributed by atoms with Gasteiger partial charge in [0.2, 0.25) is 0 Å². The maximum Gasteiger partial charge on any atom is 0.303 e. The van der Waals surface area contributed by atoms with Crippen LogP contribution in [0.15, 0.2) is 78.9 Å². The Balaban J connectivity index is 1.36. The molecule has 1 aliphatic carbocycles. The Morgan fingerprint density at radius 3 is 2.62 bits per heavy atom. The van der Waals surface area contributed by atoms with Crippen LogP contribution >= 0.6 is 23.4 Å². The third-order valence-electron chi connectivity index (χ3n) is 7.66. The van der Waals surface area contributed by atoms with E-state index in [1.54, 1.807) is 0 Å². The van der Waals surface area contributed by atoms with Crippen LogP contribution < -0.4 is 0 Å². The molecule has 0 spiro atoms. The SMILES string of the molecule is CC(O)c1ccccc1CC[C@@H](SCC1(CC(=O)O)CC1)c1cccc(/C=C/c2ccc3ccc(Cl)cc3n2)c1. The highest BCUT2D eigenvalue weighted by Crippen LogP contribution is 2.53. The van der Waals surface area contributed by atoms with Crippen molar-refractivity contribution in [3.63, 3.8) is 0 Å². The lowest BCUT2D eigenvalue weighted by Gasteiger charge is -2.22. The topological polar surface area (TPSA) is 70.4 Å². The van der Waals surface area contributed by atoms with Crippen molar-refractivity contribution in [2.75, 3.05) is 5.75 Å². The molecule has 1 heterocycles. The average molecular weight is 572 g/mol. The molecule has 1 aromatic heterocycles. The first-order valence-corrected chi connectivity index (χ1v) is 15.2.